The molecule has 0 unspecified atom stereocenters. The Morgan fingerprint density at radius 1 is 1.32 bits per heavy atom. The van der Waals surface area contributed by atoms with Gasteiger partial charge in [0.15, 0.2) is 0 Å². The highest BCUT2D eigenvalue weighted by Gasteiger charge is 2.30. The van der Waals surface area contributed by atoms with E-state index in [-0.39, 0.29) is 17.5 Å². The Hall–Kier alpha value is -2.94. The molecule has 0 amide bonds. The summed E-state index contributed by atoms with van der Waals surface area (Å²) in [5, 5.41) is 15.0. The highest BCUT2D eigenvalue weighted by molar-refractivity contribution is 5.76. The lowest BCUT2D eigenvalue weighted by molar-refractivity contribution is -0.383. The lowest BCUT2D eigenvalue weighted by atomic mass is 10.0. The predicted octanol–water partition coefficient (Wildman–Crippen LogP) is 3.06. The smallest absolute Gasteiger partial charge is 0.353 e. The van der Waals surface area contributed by atoms with Crippen molar-refractivity contribution >= 4 is 23.0 Å². The minimum Gasteiger partial charge on any atom is -0.492 e. The van der Waals surface area contributed by atoms with Crippen LogP contribution in [0.3, 0.4) is 0 Å². The number of nitrogens with one attached hydrogen (secondary N) is 1. The zero-order chi connectivity index (χ0) is 20.1. The van der Waals surface area contributed by atoms with Crippen molar-refractivity contribution in [2.24, 2.45) is 0 Å². The number of hydrogen-bond donors (Lipinski definition) is 1. The van der Waals surface area contributed by atoms with E-state index in [9.17, 15) is 10.1 Å². The van der Waals surface area contributed by atoms with E-state index < -0.39 is 4.92 Å². The van der Waals surface area contributed by atoms with Crippen LogP contribution in [0, 0.1) is 10.1 Å². The zero-order valence-electron chi connectivity index (χ0n) is 16.5. The standard InChI is InChI=1S/C19H26N6O3/c1-4-28-16-8-6-5-7-15(16)22-18-17(25(26)27)19(21-13-20-18)24(3)14-9-11-23(2)12-10-14/h5-8,13-14H,4,9-12H2,1-3H3,(H,20,21,22). The maximum Gasteiger partial charge on any atom is 0.353 e. The van der Waals surface area contributed by atoms with Crippen molar-refractivity contribution in [1.82, 2.24) is 14.9 Å². The molecule has 0 spiro atoms. The molecular formula is C19H26N6O3. The number of nitrogens with zero attached hydrogens (tertiary/aromatic N) is 5. The van der Waals surface area contributed by atoms with E-state index in [1.165, 1.54) is 6.33 Å². The van der Waals surface area contributed by atoms with Crippen LogP contribution in [-0.2, 0) is 0 Å². The molecule has 1 aliphatic rings. The van der Waals surface area contributed by atoms with Gasteiger partial charge in [-0.2, -0.15) is 0 Å². The molecular weight excluding hydrogens is 360 g/mol. The Bertz CT molecular complexity index is 823. The average molecular weight is 386 g/mol. The number of ether oxygens (including phenoxy) is 1. The molecule has 2 aromatic rings. The molecule has 1 aliphatic heterocycles. The number of hydrogen-bond acceptors (Lipinski definition) is 8. The van der Waals surface area contributed by atoms with Crippen molar-refractivity contribution in [1.29, 1.82) is 0 Å². The van der Waals surface area contributed by atoms with Crippen LogP contribution in [0.15, 0.2) is 30.6 Å². The summed E-state index contributed by atoms with van der Waals surface area (Å²) in [5.74, 6) is 1.09. The number of para-hydroxylation sites is 2. The topological polar surface area (TPSA) is 96.7 Å². The molecule has 150 valence electrons. The fraction of sp³-hybridized carbons (Fsp3) is 0.474. The summed E-state index contributed by atoms with van der Waals surface area (Å²) >= 11 is 0. The summed E-state index contributed by atoms with van der Waals surface area (Å²) in [6, 6.07) is 7.50. The zero-order valence-corrected chi connectivity index (χ0v) is 16.5. The number of anilines is 3. The third-order valence-electron chi connectivity index (χ3n) is 5.00. The fourth-order valence-electron chi connectivity index (χ4n) is 3.42. The normalized spacial score (nSPS) is 15.2. The van der Waals surface area contributed by atoms with Crippen molar-refractivity contribution in [3.8, 4) is 5.75 Å². The van der Waals surface area contributed by atoms with E-state index in [0.717, 1.165) is 25.9 Å². The first-order chi connectivity index (χ1) is 13.5. The van der Waals surface area contributed by atoms with Gasteiger partial charge in [0.2, 0.25) is 11.6 Å². The molecule has 28 heavy (non-hydrogen) atoms. The third kappa shape index (κ3) is 4.30. The number of rotatable bonds is 7. The van der Waals surface area contributed by atoms with E-state index in [1.54, 1.807) is 6.07 Å². The summed E-state index contributed by atoms with van der Waals surface area (Å²) in [4.78, 5) is 24.0. The van der Waals surface area contributed by atoms with Crippen LogP contribution in [-0.4, -0.2) is 59.6 Å². The number of piperidine rings is 1. The van der Waals surface area contributed by atoms with E-state index in [1.807, 2.05) is 37.1 Å². The van der Waals surface area contributed by atoms with Gasteiger partial charge in [0.1, 0.15) is 12.1 Å². The molecule has 0 radical (unpaired) electrons. The molecule has 9 nitrogen and oxygen atoms in total. The van der Waals surface area contributed by atoms with Crippen molar-refractivity contribution in [3.05, 3.63) is 40.7 Å². The van der Waals surface area contributed by atoms with E-state index in [2.05, 4.69) is 27.2 Å². The van der Waals surface area contributed by atoms with E-state index in [0.29, 0.717) is 23.9 Å². The largest absolute Gasteiger partial charge is 0.492 e. The Kier molecular flexibility index (Phi) is 6.25. The van der Waals surface area contributed by atoms with Crippen molar-refractivity contribution in [2.75, 3.05) is 44.0 Å². The van der Waals surface area contributed by atoms with Gasteiger partial charge in [-0.3, -0.25) is 10.1 Å². The second kappa shape index (κ2) is 8.83. The van der Waals surface area contributed by atoms with Crippen LogP contribution in [0.2, 0.25) is 0 Å². The SMILES string of the molecule is CCOc1ccccc1Nc1ncnc(N(C)C2CCN(C)CC2)c1[N+](=O)[O-]. The molecule has 9 heteroatoms. The highest BCUT2D eigenvalue weighted by Crippen LogP contribution is 2.36. The van der Waals surface area contributed by atoms with Crippen LogP contribution in [0.25, 0.3) is 0 Å². The number of aromatic nitrogens is 2. The third-order valence-corrected chi connectivity index (χ3v) is 5.00. The quantitative estimate of drug-likeness (QED) is 0.573. The van der Waals surface area contributed by atoms with Gasteiger partial charge in [-0.1, -0.05) is 12.1 Å². The second-order valence-electron chi connectivity index (χ2n) is 6.85. The first kappa shape index (κ1) is 19.8. The van der Waals surface area contributed by atoms with E-state index >= 15 is 0 Å². The highest BCUT2D eigenvalue weighted by atomic mass is 16.6. The molecule has 2 heterocycles. The Labute approximate surface area is 164 Å². The molecule has 0 saturated carbocycles. The van der Waals surface area contributed by atoms with Crippen molar-refractivity contribution in [3.63, 3.8) is 0 Å². The van der Waals surface area contributed by atoms with Crippen molar-refractivity contribution < 1.29 is 9.66 Å². The molecule has 1 fully saturated rings. The lowest BCUT2D eigenvalue weighted by Crippen LogP contribution is -2.42. The predicted molar refractivity (Wildman–Crippen MR) is 109 cm³/mol. The van der Waals surface area contributed by atoms with Crippen LogP contribution < -0.4 is 15.0 Å². The van der Waals surface area contributed by atoms with Gasteiger partial charge in [0, 0.05) is 13.1 Å². The van der Waals surface area contributed by atoms with Crippen LogP contribution in [0.4, 0.5) is 23.0 Å². The van der Waals surface area contributed by atoms with Gasteiger partial charge in [-0.25, -0.2) is 9.97 Å². The van der Waals surface area contributed by atoms with Crippen LogP contribution in [0.1, 0.15) is 19.8 Å². The number of benzene rings is 1. The van der Waals surface area contributed by atoms with Gasteiger partial charge in [-0.15, -0.1) is 0 Å². The Morgan fingerprint density at radius 3 is 2.71 bits per heavy atom. The Morgan fingerprint density at radius 2 is 2.04 bits per heavy atom. The maximum atomic E-state index is 11.9. The molecule has 1 N–H and O–H groups in total. The molecule has 3 rings (SSSR count). The number of nitro groups is 1. The molecule has 0 bridgehead atoms. The average Bonchev–Trinajstić information content (AvgIpc) is 2.69. The second-order valence-corrected chi connectivity index (χ2v) is 6.85. The van der Waals surface area contributed by atoms with Gasteiger partial charge in [-0.05, 0) is 52.0 Å². The van der Waals surface area contributed by atoms with Crippen LogP contribution >= 0.6 is 0 Å². The van der Waals surface area contributed by atoms with Crippen LogP contribution in [0.5, 0.6) is 5.75 Å². The van der Waals surface area contributed by atoms with E-state index in [4.69, 9.17) is 4.74 Å². The monoisotopic (exact) mass is 386 g/mol. The molecule has 1 aromatic heterocycles. The fourth-order valence-corrected chi connectivity index (χ4v) is 3.42. The van der Waals surface area contributed by atoms with Crippen molar-refractivity contribution in [2.45, 2.75) is 25.8 Å². The Balaban J connectivity index is 1.93. The summed E-state index contributed by atoms with van der Waals surface area (Å²) in [5.41, 5.74) is 0.495. The summed E-state index contributed by atoms with van der Waals surface area (Å²) in [6.07, 6.45) is 3.23. The van der Waals surface area contributed by atoms with Gasteiger partial charge < -0.3 is 19.9 Å². The molecule has 1 aromatic carbocycles. The maximum absolute atomic E-state index is 11.9. The van der Waals surface area contributed by atoms with Gasteiger partial charge >= 0.3 is 5.69 Å². The lowest BCUT2D eigenvalue weighted by Gasteiger charge is -2.35. The first-order valence-electron chi connectivity index (χ1n) is 9.40. The number of likely N-dealkylation sites (tertiary alicyclic amines) is 1. The van der Waals surface area contributed by atoms with Gasteiger partial charge in [0.05, 0.1) is 17.2 Å². The minimum atomic E-state index is -0.424. The minimum absolute atomic E-state index is 0.129. The van der Waals surface area contributed by atoms with Gasteiger partial charge in [0.25, 0.3) is 0 Å². The molecule has 1 saturated heterocycles. The summed E-state index contributed by atoms with van der Waals surface area (Å²) in [6.45, 7) is 4.30. The first-order valence-corrected chi connectivity index (χ1v) is 9.40. The molecule has 0 aliphatic carbocycles. The molecule has 0 atom stereocenters. The summed E-state index contributed by atoms with van der Waals surface area (Å²) < 4.78 is 5.60. The summed E-state index contributed by atoms with van der Waals surface area (Å²) in [7, 11) is 3.95.